The quantitative estimate of drug-likeness (QED) is 0.361. The summed E-state index contributed by atoms with van der Waals surface area (Å²) in [6.07, 6.45) is 5.44. The molecule has 22 heavy (non-hydrogen) atoms. The third-order valence-corrected chi connectivity index (χ3v) is 3.54. The molecule has 3 heteroatoms. The molecule has 0 saturated carbocycles. The van der Waals surface area contributed by atoms with Gasteiger partial charge in [-0.05, 0) is 37.7 Å². The van der Waals surface area contributed by atoms with E-state index < -0.39 is 0 Å². The molecular weight excluding hydrogens is 272 g/mol. The average Bonchev–Trinajstić information content (AvgIpc) is 2.49. The number of oxime groups is 1. The minimum absolute atomic E-state index is 0.0199. The molecule has 0 atom stereocenters. The first-order valence-corrected chi connectivity index (χ1v) is 8.14. The van der Waals surface area contributed by atoms with Gasteiger partial charge in [0.1, 0.15) is 6.61 Å². The van der Waals surface area contributed by atoms with E-state index in [4.69, 9.17) is 10.1 Å². The van der Waals surface area contributed by atoms with Crippen LogP contribution in [0.5, 0.6) is 0 Å². The molecule has 0 N–H and O–H groups in total. The van der Waals surface area contributed by atoms with Crippen molar-refractivity contribution in [2.45, 2.75) is 59.3 Å². The van der Waals surface area contributed by atoms with Crippen molar-refractivity contribution in [3.05, 3.63) is 35.9 Å². The summed E-state index contributed by atoms with van der Waals surface area (Å²) >= 11 is 0. The van der Waals surface area contributed by atoms with Crippen LogP contribution in [-0.4, -0.2) is 12.3 Å². The van der Waals surface area contributed by atoms with Crippen LogP contribution in [0.2, 0.25) is 0 Å². The van der Waals surface area contributed by atoms with E-state index >= 15 is 0 Å². The van der Waals surface area contributed by atoms with Crippen LogP contribution in [-0.2, 0) is 11.3 Å². The van der Waals surface area contributed by atoms with Crippen LogP contribution < -0.4 is 0 Å². The molecule has 0 aromatic heterocycles. The van der Waals surface area contributed by atoms with E-state index in [0.717, 1.165) is 37.8 Å². The SMILES string of the molecule is CC(C)(C)/C(CCCCC#N)=N/OCCCc1ccccc1. The van der Waals surface area contributed by atoms with Gasteiger partial charge in [-0.15, -0.1) is 0 Å². The van der Waals surface area contributed by atoms with Gasteiger partial charge in [0.05, 0.1) is 11.8 Å². The summed E-state index contributed by atoms with van der Waals surface area (Å²) in [4.78, 5) is 5.52. The fourth-order valence-electron chi connectivity index (χ4n) is 2.16. The molecule has 0 saturated heterocycles. The average molecular weight is 300 g/mol. The van der Waals surface area contributed by atoms with E-state index in [-0.39, 0.29) is 5.41 Å². The van der Waals surface area contributed by atoms with Gasteiger partial charge in [-0.2, -0.15) is 5.26 Å². The van der Waals surface area contributed by atoms with Gasteiger partial charge in [-0.3, -0.25) is 0 Å². The van der Waals surface area contributed by atoms with E-state index in [1.54, 1.807) is 0 Å². The van der Waals surface area contributed by atoms with Crippen LogP contribution in [0.15, 0.2) is 35.5 Å². The molecular formula is C19H28N2O. The summed E-state index contributed by atoms with van der Waals surface area (Å²) < 4.78 is 0. The molecule has 0 bridgehead atoms. The highest BCUT2D eigenvalue weighted by Gasteiger charge is 2.19. The molecule has 1 rings (SSSR count). The maximum Gasteiger partial charge on any atom is 0.117 e. The fraction of sp³-hybridized carbons (Fsp3) is 0.579. The Bertz CT molecular complexity index is 480. The summed E-state index contributed by atoms with van der Waals surface area (Å²) in [5, 5.41) is 12.9. The monoisotopic (exact) mass is 300 g/mol. The number of rotatable bonds is 9. The zero-order chi connectivity index (χ0) is 16.3. The second kappa shape index (κ2) is 10.00. The van der Waals surface area contributed by atoms with Gasteiger partial charge in [-0.25, -0.2) is 0 Å². The van der Waals surface area contributed by atoms with Crippen molar-refractivity contribution in [2.24, 2.45) is 10.6 Å². The number of hydrogen-bond donors (Lipinski definition) is 0. The largest absolute Gasteiger partial charge is 0.396 e. The molecule has 0 fully saturated rings. The lowest BCUT2D eigenvalue weighted by Crippen LogP contribution is -2.20. The Morgan fingerprint density at radius 2 is 1.86 bits per heavy atom. The Kier molecular flexibility index (Phi) is 8.28. The van der Waals surface area contributed by atoms with Crippen LogP contribution in [0, 0.1) is 16.7 Å². The summed E-state index contributed by atoms with van der Waals surface area (Å²) in [5.41, 5.74) is 2.44. The molecule has 0 aliphatic carbocycles. The van der Waals surface area contributed by atoms with Crippen molar-refractivity contribution >= 4 is 5.71 Å². The Morgan fingerprint density at radius 1 is 1.14 bits per heavy atom. The molecule has 0 heterocycles. The predicted octanol–water partition coefficient (Wildman–Crippen LogP) is 5.12. The van der Waals surface area contributed by atoms with Gasteiger partial charge in [-0.1, -0.05) is 56.3 Å². The lowest BCUT2D eigenvalue weighted by molar-refractivity contribution is 0.138. The Morgan fingerprint density at radius 3 is 2.50 bits per heavy atom. The number of hydrogen-bond acceptors (Lipinski definition) is 3. The molecule has 0 amide bonds. The van der Waals surface area contributed by atoms with Crippen molar-refractivity contribution in [3.8, 4) is 6.07 Å². The number of unbranched alkanes of at least 4 members (excludes halogenated alkanes) is 2. The normalized spacial score (nSPS) is 12.0. The van der Waals surface area contributed by atoms with Crippen molar-refractivity contribution in [2.75, 3.05) is 6.61 Å². The third kappa shape index (κ3) is 7.83. The van der Waals surface area contributed by atoms with Crippen LogP contribution in [0.4, 0.5) is 0 Å². The summed E-state index contributed by atoms with van der Waals surface area (Å²) in [6, 6.07) is 12.6. The van der Waals surface area contributed by atoms with Gasteiger partial charge in [0.2, 0.25) is 0 Å². The minimum atomic E-state index is 0.0199. The van der Waals surface area contributed by atoms with Gasteiger partial charge in [0, 0.05) is 11.8 Å². The van der Waals surface area contributed by atoms with Crippen LogP contribution >= 0.6 is 0 Å². The minimum Gasteiger partial charge on any atom is -0.396 e. The van der Waals surface area contributed by atoms with Gasteiger partial charge in [0.15, 0.2) is 0 Å². The Labute approximate surface area is 135 Å². The lowest BCUT2D eigenvalue weighted by atomic mass is 9.87. The first-order valence-electron chi connectivity index (χ1n) is 8.14. The molecule has 1 aromatic rings. The van der Waals surface area contributed by atoms with Crippen LogP contribution in [0.3, 0.4) is 0 Å². The number of benzene rings is 1. The lowest BCUT2D eigenvalue weighted by Gasteiger charge is -2.20. The van der Waals surface area contributed by atoms with Crippen LogP contribution in [0.25, 0.3) is 0 Å². The van der Waals surface area contributed by atoms with Crippen molar-refractivity contribution in [3.63, 3.8) is 0 Å². The van der Waals surface area contributed by atoms with E-state index in [9.17, 15) is 0 Å². The van der Waals surface area contributed by atoms with Gasteiger partial charge in [0.25, 0.3) is 0 Å². The van der Waals surface area contributed by atoms with E-state index in [1.807, 2.05) is 6.07 Å². The summed E-state index contributed by atoms with van der Waals surface area (Å²) in [5.74, 6) is 0. The highest BCUT2D eigenvalue weighted by atomic mass is 16.6. The molecule has 0 spiro atoms. The number of aryl methyl sites for hydroxylation is 1. The van der Waals surface area contributed by atoms with Crippen LogP contribution in [0.1, 0.15) is 58.4 Å². The maximum absolute atomic E-state index is 8.58. The van der Waals surface area contributed by atoms with E-state index in [2.05, 4.69) is 56.3 Å². The second-order valence-electron chi connectivity index (χ2n) is 6.58. The number of nitriles is 1. The maximum atomic E-state index is 8.58. The molecule has 120 valence electrons. The molecule has 1 aromatic carbocycles. The highest BCUT2D eigenvalue weighted by molar-refractivity contribution is 5.88. The van der Waals surface area contributed by atoms with Gasteiger partial charge >= 0.3 is 0 Å². The van der Waals surface area contributed by atoms with Gasteiger partial charge < -0.3 is 4.84 Å². The van der Waals surface area contributed by atoms with Crippen molar-refractivity contribution < 1.29 is 4.84 Å². The van der Waals surface area contributed by atoms with Crippen molar-refractivity contribution in [1.82, 2.24) is 0 Å². The smallest absolute Gasteiger partial charge is 0.117 e. The second-order valence-corrected chi connectivity index (χ2v) is 6.58. The third-order valence-electron chi connectivity index (χ3n) is 3.54. The highest BCUT2D eigenvalue weighted by Crippen LogP contribution is 2.21. The standard InChI is InChI=1S/C19H28N2O/c1-19(2,3)18(14-8-5-9-15-20)21-22-16-10-13-17-11-6-4-7-12-17/h4,6-7,11-12H,5,8-10,13-14,16H2,1-3H3/b21-18+. The first kappa shape index (κ1) is 18.2. The molecule has 3 nitrogen and oxygen atoms in total. The van der Waals surface area contributed by atoms with Crippen molar-refractivity contribution in [1.29, 1.82) is 5.26 Å². The zero-order valence-electron chi connectivity index (χ0n) is 14.1. The summed E-state index contributed by atoms with van der Waals surface area (Å²) in [6.45, 7) is 7.11. The topological polar surface area (TPSA) is 45.4 Å². The Hall–Kier alpha value is -1.82. The number of nitrogens with zero attached hydrogens (tertiary/aromatic N) is 2. The zero-order valence-corrected chi connectivity index (χ0v) is 14.1. The van der Waals surface area contributed by atoms with E-state index in [0.29, 0.717) is 13.0 Å². The molecule has 0 radical (unpaired) electrons. The summed E-state index contributed by atoms with van der Waals surface area (Å²) in [7, 11) is 0. The molecule has 0 aliphatic heterocycles. The molecule has 0 unspecified atom stereocenters. The predicted molar refractivity (Wildman–Crippen MR) is 91.7 cm³/mol. The first-order chi connectivity index (χ1) is 10.5. The van der Waals surface area contributed by atoms with E-state index in [1.165, 1.54) is 5.56 Å². The fourth-order valence-corrected chi connectivity index (χ4v) is 2.16. The Balaban J connectivity index is 2.33. The molecule has 0 aliphatic rings.